The first-order valence-electron chi connectivity index (χ1n) is 8.74. The second-order valence-electron chi connectivity index (χ2n) is 6.87. The molecule has 0 heterocycles. The zero-order valence-electron chi connectivity index (χ0n) is 16.2. The van der Waals surface area contributed by atoms with Crippen LogP contribution in [0.15, 0.2) is 30.3 Å². The molecule has 0 radical (unpaired) electrons. The molecule has 0 saturated heterocycles. The average Bonchev–Trinajstić information content (AvgIpc) is 2.56. The van der Waals surface area contributed by atoms with Crippen LogP contribution in [0.2, 0.25) is 0 Å². The number of benzene rings is 1. The third-order valence-electron chi connectivity index (χ3n) is 3.30. The average molecular weight is 377 g/mol. The van der Waals surface area contributed by atoms with Crippen LogP contribution in [0.4, 0.5) is 4.79 Å². The number of aliphatic carboxylic acids is 1. The summed E-state index contributed by atoms with van der Waals surface area (Å²) in [5.41, 5.74) is 0.959. The lowest BCUT2D eigenvalue weighted by molar-refractivity contribution is -0.138. The van der Waals surface area contributed by atoms with E-state index in [0.29, 0.717) is 6.61 Å². The third kappa shape index (κ3) is 9.44. The van der Waals surface area contributed by atoms with Crippen molar-refractivity contribution in [3.63, 3.8) is 0 Å². The van der Waals surface area contributed by atoms with Crippen molar-refractivity contribution in [1.82, 2.24) is 4.90 Å². The van der Waals surface area contributed by atoms with Crippen molar-refractivity contribution in [1.29, 1.82) is 0 Å². The number of esters is 1. The van der Waals surface area contributed by atoms with Gasteiger partial charge in [-0.25, -0.2) is 9.59 Å². The molecule has 0 fully saturated rings. The number of carbonyl (C=O) groups is 3. The molecule has 1 amide bonds. The summed E-state index contributed by atoms with van der Waals surface area (Å²) in [4.78, 5) is 35.9. The number of hydrogen-bond acceptors (Lipinski definition) is 5. The molecule has 0 aliphatic carbocycles. The van der Waals surface area contributed by atoms with Crippen LogP contribution in [-0.2, 0) is 25.6 Å². The van der Waals surface area contributed by atoms with Gasteiger partial charge in [-0.05, 0) is 44.9 Å². The van der Waals surface area contributed by atoms with Crippen LogP contribution in [0.25, 0.3) is 6.08 Å². The van der Waals surface area contributed by atoms with Crippen molar-refractivity contribution in [2.75, 3.05) is 13.2 Å². The normalized spacial score (nSPS) is 11.3. The second kappa shape index (κ2) is 10.4. The van der Waals surface area contributed by atoms with Crippen molar-refractivity contribution < 1.29 is 29.0 Å². The first-order chi connectivity index (χ1) is 12.6. The molecule has 1 N–H and O–H groups in total. The van der Waals surface area contributed by atoms with Crippen molar-refractivity contribution >= 4 is 24.1 Å². The fourth-order valence-corrected chi connectivity index (χ4v) is 2.10. The first kappa shape index (κ1) is 22.2. The molecule has 0 spiro atoms. The van der Waals surface area contributed by atoms with E-state index in [1.54, 1.807) is 45.9 Å². The highest BCUT2D eigenvalue weighted by molar-refractivity contribution is 5.87. The van der Waals surface area contributed by atoms with E-state index in [4.69, 9.17) is 14.6 Å². The molecule has 7 heteroatoms. The molecule has 0 saturated carbocycles. The van der Waals surface area contributed by atoms with Crippen molar-refractivity contribution in [2.45, 2.75) is 46.3 Å². The summed E-state index contributed by atoms with van der Waals surface area (Å²) in [6, 6.07) is 7.22. The summed E-state index contributed by atoms with van der Waals surface area (Å²) in [6.07, 6.45) is 2.26. The minimum absolute atomic E-state index is 0.0504. The third-order valence-corrected chi connectivity index (χ3v) is 3.30. The molecule has 27 heavy (non-hydrogen) atoms. The van der Waals surface area contributed by atoms with Gasteiger partial charge < -0.3 is 19.5 Å². The van der Waals surface area contributed by atoms with Gasteiger partial charge in [0.2, 0.25) is 0 Å². The first-order valence-corrected chi connectivity index (χ1v) is 8.74. The fourth-order valence-electron chi connectivity index (χ4n) is 2.10. The number of ether oxygens (including phenoxy) is 2. The van der Waals surface area contributed by atoms with E-state index >= 15 is 0 Å². The Hall–Kier alpha value is -2.83. The molecule has 1 aromatic rings. The number of amides is 1. The van der Waals surface area contributed by atoms with E-state index < -0.39 is 23.6 Å². The van der Waals surface area contributed by atoms with Gasteiger partial charge in [0.1, 0.15) is 5.60 Å². The SMILES string of the molecule is CCOC(=O)/C=C/c1ccc(CN(CCC(=O)O)C(=O)OC(C)(C)C)cc1. The van der Waals surface area contributed by atoms with Crippen LogP contribution in [0.3, 0.4) is 0 Å². The lowest BCUT2D eigenvalue weighted by Gasteiger charge is -2.27. The highest BCUT2D eigenvalue weighted by Crippen LogP contribution is 2.14. The highest BCUT2D eigenvalue weighted by Gasteiger charge is 2.22. The summed E-state index contributed by atoms with van der Waals surface area (Å²) in [5.74, 6) is -1.39. The van der Waals surface area contributed by atoms with Gasteiger partial charge in [-0.3, -0.25) is 4.79 Å². The van der Waals surface area contributed by atoms with Crippen LogP contribution in [0, 0.1) is 0 Å². The Morgan fingerprint density at radius 2 is 1.78 bits per heavy atom. The lowest BCUT2D eigenvalue weighted by atomic mass is 10.1. The van der Waals surface area contributed by atoms with Gasteiger partial charge >= 0.3 is 18.0 Å². The number of rotatable bonds is 8. The van der Waals surface area contributed by atoms with E-state index in [2.05, 4.69) is 0 Å². The fraction of sp³-hybridized carbons (Fsp3) is 0.450. The molecule has 0 aliphatic rings. The monoisotopic (exact) mass is 377 g/mol. The van der Waals surface area contributed by atoms with Gasteiger partial charge in [0.25, 0.3) is 0 Å². The predicted molar refractivity (Wildman–Crippen MR) is 101 cm³/mol. The summed E-state index contributed by atoms with van der Waals surface area (Å²) >= 11 is 0. The number of hydrogen-bond donors (Lipinski definition) is 1. The molecule has 7 nitrogen and oxygen atoms in total. The summed E-state index contributed by atoms with van der Waals surface area (Å²) in [5, 5.41) is 8.90. The summed E-state index contributed by atoms with van der Waals surface area (Å²) in [7, 11) is 0. The van der Waals surface area contributed by atoms with Crippen molar-refractivity contribution in [3.8, 4) is 0 Å². The Bertz CT molecular complexity index is 673. The van der Waals surface area contributed by atoms with Crippen LogP contribution < -0.4 is 0 Å². The van der Waals surface area contributed by atoms with Gasteiger partial charge in [0.05, 0.1) is 13.0 Å². The lowest BCUT2D eigenvalue weighted by Crippen LogP contribution is -2.37. The van der Waals surface area contributed by atoms with Gasteiger partial charge in [0, 0.05) is 19.2 Å². The molecule has 148 valence electrons. The molecule has 0 atom stereocenters. The Morgan fingerprint density at radius 3 is 2.30 bits per heavy atom. The number of carbonyl (C=O) groups excluding carboxylic acids is 2. The van der Waals surface area contributed by atoms with Crippen LogP contribution in [-0.4, -0.2) is 46.8 Å². The largest absolute Gasteiger partial charge is 0.481 e. The van der Waals surface area contributed by atoms with Crippen molar-refractivity contribution in [3.05, 3.63) is 41.5 Å². The highest BCUT2D eigenvalue weighted by atomic mass is 16.6. The Morgan fingerprint density at radius 1 is 1.15 bits per heavy atom. The number of nitrogens with zero attached hydrogens (tertiary/aromatic N) is 1. The van der Waals surface area contributed by atoms with Crippen molar-refractivity contribution in [2.24, 2.45) is 0 Å². The van der Waals surface area contributed by atoms with Gasteiger partial charge in [0.15, 0.2) is 0 Å². The zero-order valence-corrected chi connectivity index (χ0v) is 16.2. The van der Waals surface area contributed by atoms with Crippen LogP contribution >= 0.6 is 0 Å². The summed E-state index contributed by atoms with van der Waals surface area (Å²) in [6.45, 7) is 7.60. The maximum absolute atomic E-state index is 12.3. The van der Waals surface area contributed by atoms with E-state index in [1.165, 1.54) is 11.0 Å². The second-order valence-corrected chi connectivity index (χ2v) is 6.87. The molecule has 0 unspecified atom stereocenters. The van der Waals surface area contributed by atoms with E-state index in [1.807, 2.05) is 12.1 Å². The molecule has 1 aromatic carbocycles. The maximum Gasteiger partial charge on any atom is 0.410 e. The predicted octanol–water partition coefficient (Wildman–Crippen LogP) is 3.47. The van der Waals surface area contributed by atoms with E-state index in [-0.39, 0.29) is 19.5 Å². The standard InChI is InChI=1S/C20H27NO6/c1-5-26-18(24)11-10-15-6-8-16(9-7-15)14-21(13-12-17(22)23)19(25)27-20(2,3)4/h6-11H,5,12-14H2,1-4H3,(H,22,23)/b11-10+. The Kier molecular flexibility index (Phi) is 8.51. The quantitative estimate of drug-likeness (QED) is 0.551. The van der Waals surface area contributed by atoms with E-state index in [9.17, 15) is 14.4 Å². The minimum atomic E-state index is -0.983. The van der Waals surface area contributed by atoms with Gasteiger partial charge in [-0.1, -0.05) is 24.3 Å². The van der Waals surface area contributed by atoms with E-state index in [0.717, 1.165) is 11.1 Å². The molecule has 0 aromatic heterocycles. The Balaban J connectivity index is 2.80. The van der Waals surface area contributed by atoms with Crippen LogP contribution in [0.5, 0.6) is 0 Å². The molecular weight excluding hydrogens is 350 g/mol. The van der Waals surface area contributed by atoms with Gasteiger partial charge in [-0.15, -0.1) is 0 Å². The topological polar surface area (TPSA) is 93.1 Å². The number of carboxylic acid groups (broad SMARTS) is 1. The Labute approximate surface area is 159 Å². The molecule has 0 aliphatic heterocycles. The summed E-state index contributed by atoms with van der Waals surface area (Å²) < 4.78 is 10.2. The van der Waals surface area contributed by atoms with Gasteiger partial charge in [-0.2, -0.15) is 0 Å². The maximum atomic E-state index is 12.3. The molecule has 0 bridgehead atoms. The zero-order chi connectivity index (χ0) is 20.4. The van der Waals surface area contributed by atoms with Crippen LogP contribution in [0.1, 0.15) is 45.2 Å². The minimum Gasteiger partial charge on any atom is -0.481 e. The molecule has 1 rings (SSSR count). The smallest absolute Gasteiger partial charge is 0.410 e. The number of carboxylic acids is 1. The molecular formula is C20H27NO6.